The molecule has 2 aromatic carbocycles. The minimum atomic E-state index is 0.0990. The summed E-state index contributed by atoms with van der Waals surface area (Å²) in [5, 5.41) is 18.3. The highest BCUT2D eigenvalue weighted by atomic mass is 35.5. The van der Waals surface area contributed by atoms with E-state index >= 15 is 0 Å². The lowest BCUT2D eigenvalue weighted by atomic mass is 9.98. The lowest BCUT2D eigenvalue weighted by molar-refractivity contribution is -0.120. The van der Waals surface area contributed by atoms with E-state index in [0.29, 0.717) is 66.3 Å². The molecule has 2 amide bonds. The van der Waals surface area contributed by atoms with E-state index in [0.717, 1.165) is 51.9 Å². The number of methoxy groups -OCH3 is 1. The standard InChI is InChI=1S/C36H36Cl2N8O3/c1-49-36-21(16-39-19-23-9-12-31(47)42-23)8-11-29(45-36)27-6-2-4-25(33(27)37)26-5-3-7-28(34(26)38)30-14-15-46-35(44-30)22(18-41-46)17-40-20-24-10-13-32(48)43-24/h2-8,11,14-15,18,23-24,39-40H,9-10,12-13,16-17,19-20H2,1H3,(H,42,47)(H,43,48). The summed E-state index contributed by atoms with van der Waals surface area (Å²) in [6, 6.07) is 17.7. The van der Waals surface area contributed by atoms with Crippen molar-refractivity contribution in [1.82, 2.24) is 40.8 Å². The fraction of sp³-hybridized carbons (Fsp3) is 0.306. The fourth-order valence-corrected chi connectivity index (χ4v) is 7.07. The summed E-state index contributed by atoms with van der Waals surface area (Å²) in [6.07, 6.45) is 6.50. The molecule has 0 aliphatic carbocycles. The Labute approximate surface area is 293 Å². The van der Waals surface area contributed by atoms with E-state index in [-0.39, 0.29) is 23.9 Å². The molecule has 4 N–H and O–H groups in total. The number of hydrogen-bond acceptors (Lipinski definition) is 8. The van der Waals surface area contributed by atoms with Crippen molar-refractivity contribution in [3.63, 3.8) is 0 Å². The third-order valence-corrected chi connectivity index (χ3v) is 9.81. The molecule has 0 radical (unpaired) electrons. The molecule has 13 heteroatoms. The first kappa shape index (κ1) is 33.0. The van der Waals surface area contributed by atoms with Gasteiger partial charge in [-0.15, -0.1) is 0 Å². The van der Waals surface area contributed by atoms with E-state index in [1.165, 1.54) is 0 Å². The predicted molar refractivity (Wildman–Crippen MR) is 189 cm³/mol. The van der Waals surface area contributed by atoms with Crippen molar-refractivity contribution < 1.29 is 14.3 Å². The van der Waals surface area contributed by atoms with Crippen LogP contribution in [0.4, 0.5) is 0 Å². The minimum Gasteiger partial charge on any atom is -0.481 e. The number of fused-ring (bicyclic) bond motifs is 1. The maximum Gasteiger partial charge on any atom is 0.220 e. The van der Waals surface area contributed by atoms with Crippen molar-refractivity contribution in [3.8, 4) is 39.5 Å². The molecule has 252 valence electrons. The lowest BCUT2D eigenvalue weighted by Crippen LogP contribution is -2.35. The van der Waals surface area contributed by atoms with E-state index < -0.39 is 0 Å². The average Bonchev–Trinajstić information content (AvgIpc) is 3.84. The second-order valence-corrected chi connectivity index (χ2v) is 13.1. The summed E-state index contributed by atoms with van der Waals surface area (Å²) < 4.78 is 7.39. The number of benzene rings is 2. The quantitative estimate of drug-likeness (QED) is 0.140. The number of ether oxygens (including phenoxy) is 1. The first-order valence-corrected chi connectivity index (χ1v) is 17.1. The van der Waals surface area contributed by atoms with Gasteiger partial charge in [-0.1, -0.05) is 65.7 Å². The van der Waals surface area contributed by atoms with Crippen molar-refractivity contribution in [2.75, 3.05) is 20.2 Å². The number of carbonyl (C=O) groups excluding carboxylic acids is 2. The predicted octanol–water partition coefficient (Wildman–Crippen LogP) is 5.18. The Morgan fingerprint density at radius 1 is 0.776 bits per heavy atom. The maximum absolute atomic E-state index is 11.5. The molecule has 0 saturated carbocycles. The highest BCUT2D eigenvalue weighted by Crippen LogP contribution is 2.42. The summed E-state index contributed by atoms with van der Waals surface area (Å²) in [5.74, 6) is 0.704. The first-order valence-electron chi connectivity index (χ1n) is 16.3. The van der Waals surface area contributed by atoms with Crippen LogP contribution in [0.1, 0.15) is 36.8 Å². The van der Waals surface area contributed by atoms with Gasteiger partial charge in [0.25, 0.3) is 0 Å². The van der Waals surface area contributed by atoms with Crippen LogP contribution in [0.2, 0.25) is 10.0 Å². The molecule has 0 bridgehead atoms. The van der Waals surface area contributed by atoms with Crippen molar-refractivity contribution in [3.05, 3.63) is 88.2 Å². The highest BCUT2D eigenvalue weighted by Gasteiger charge is 2.22. The van der Waals surface area contributed by atoms with Gasteiger partial charge in [0, 0.05) is 90.7 Å². The van der Waals surface area contributed by atoms with Gasteiger partial charge in [0.1, 0.15) is 0 Å². The summed E-state index contributed by atoms with van der Waals surface area (Å²) in [6.45, 7) is 2.48. The van der Waals surface area contributed by atoms with E-state index in [9.17, 15) is 9.59 Å². The van der Waals surface area contributed by atoms with Crippen molar-refractivity contribution in [1.29, 1.82) is 0 Å². The Morgan fingerprint density at radius 2 is 1.35 bits per heavy atom. The molecule has 2 aliphatic rings. The van der Waals surface area contributed by atoms with Crippen LogP contribution in [0.15, 0.2) is 67.0 Å². The molecule has 2 saturated heterocycles. The number of nitrogens with one attached hydrogen (secondary N) is 4. The summed E-state index contributed by atoms with van der Waals surface area (Å²) in [7, 11) is 1.60. The molecule has 2 fully saturated rings. The molecule has 7 rings (SSSR count). The zero-order valence-corrected chi connectivity index (χ0v) is 28.4. The van der Waals surface area contributed by atoms with Crippen LogP contribution in [-0.4, -0.2) is 63.7 Å². The van der Waals surface area contributed by atoms with Crippen LogP contribution in [0.5, 0.6) is 5.88 Å². The van der Waals surface area contributed by atoms with Gasteiger partial charge in [-0.25, -0.2) is 14.5 Å². The second-order valence-electron chi connectivity index (χ2n) is 12.3. The topological polar surface area (TPSA) is 135 Å². The molecule has 11 nitrogen and oxygen atoms in total. The summed E-state index contributed by atoms with van der Waals surface area (Å²) >= 11 is 14.2. The molecule has 5 aromatic rings. The van der Waals surface area contributed by atoms with Crippen molar-refractivity contribution >= 4 is 40.7 Å². The minimum absolute atomic E-state index is 0.0990. The number of rotatable bonds is 12. The molecule has 5 heterocycles. The fourth-order valence-electron chi connectivity index (χ4n) is 6.42. The lowest BCUT2D eigenvalue weighted by Gasteiger charge is -2.15. The van der Waals surface area contributed by atoms with Crippen LogP contribution in [0, 0.1) is 0 Å². The number of nitrogens with zero attached hydrogens (tertiary/aromatic N) is 4. The first-order chi connectivity index (χ1) is 23.9. The number of hydrogen-bond donors (Lipinski definition) is 4. The van der Waals surface area contributed by atoms with Gasteiger partial charge in [0.15, 0.2) is 5.65 Å². The van der Waals surface area contributed by atoms with Gasteiger partial charge in [0.2, 0.25) is 17.7 Å². The molecule has 0 spiro atoms. The monoisotopic (exact) mass is 698 g/mol. The van der Waals surface area contributed by atoms with E-state index in [2.05, 4.69) is 26.4 Å². The van der Waals surface area contributed by atoms with E-state index in [1.54, 1.807) is 17.8 Å². The average molecular weight is 700 g/mol. The molecular formula is C36H36Cl2N8O3. The molecule has 2 atom stereocenters. The van der Waals surface area contributed by atoms with Gasteiger partial charge >= 0.3 is 0 Å². The van der Waals surface area contributed by atoms with E-state index in [4.69, 9.17) is 37.9 Å². The summed E-state index contributed by atoms with van der Waals surface area (Å²) in [5.41, 5.74) is 7.02. The number of pyridine rings is 1. The third kappa shape index (κ3) is 7.11. The normalized spacial score (nSPS) is 17.4. The smallest absolute Gasteiger partial charge is 0.220 e. The van der Waals surface area contributed by atoms with Crippen molar-refractivity contribution in [2.45, 2.75) is 50.9 Å². The zero-order chi connectivity index (χ0) is 33.9. The van der Waals surface area contributed by atoms with Crippen LogP contribution in [-0.2, 0) is 22.7 Å². The van der Waals surface area contributed by atoms with E-state index in [1.807, 2.05) is 60.8 Å². The maximum atomic E-state index is 11.5. The largest absolute Gasteiger partial charge is 0.481 e. The van der Waals surface area contributed by atoms with Crippen LogP contribution < -0.4 is 26.0 Å². The summed E-state index contributed by atoms with van der Waals surface area (Å²) in [4.78, 5) is 32.8. The Bertz CT molecular complexity index is 2030. The van der Waals surface area contributed by atoms with Crippen molar-refractivity contribution in [2.24, 2.45) is 0 Å². The van der Waals surface area contributed by atoms with Crippen LogP contribution in [0.25, 0.3) is 39.3 Å². The van der Waals surface area contributed by atoms with Crippen LogP contribution in [0.3, 0.4) is 0 Å². The SMILES string of the molecule is COc1nc(-c2cccc(-c3cccc(-c4ccn5ncc(CNCC6CCC(=O)N6)c5n4)c3Cl)c2Cl)ccc1CNCC1CCC(=O)N1. The highest BCUT2D eigenvalue weighted by molar-refractivity contribution is 6.39. The zero-order valence-electron chi connectivity index (χ0n) is 26.9. The van der Waals surface area contributed by atoms with Gasteiger partial charge in [-0.3, -0.25) is 9.59 Å². The van der Waals surface area contributed by atoms with Gasteiger partial charge in [-0.05, 0) is 25.0 Å². The van der Waals surface area contributed by atoms with Gasteiger partial charge < -0.3 is 26.0 Å². The number of aromatic nitrogens is 4. The molecule has 2 unspecified atom stereocenters. The number of carbonyl (C=O) groups is 2. The van der Waals surface area contributed by atoms with Gasteiger partial charge in [-0.2, -0.15) is 5.10 Å². The molecular weight excluding hydrogens is 663 g/mol. The Balaban J connectivity index is 1.11. The molecule has 3 aromatic heterocycles. The van der Waals surface area contributed by atoms with Crippen LogP contribution >= 0.6 is 23.2 Å². The molecule has 49 heavy (non-hydrogen) atoms. The van der Waals surface area contributed by atoms with Gasteiger partial charge in [0.05, 0.1) is 34.7 Å². The number of amides is 2. The Morgan fingerprint density at radius 3 is 1.92 bits per heavy atom. The Kier molecular flexibility index (Phi) is 9.77. The third-order valence-electron chi connectivity index (χ3n) is 9.00. The molecule has 2 aliphatic heterocycles. The Hall–Kier alpha value is -4.55. The number of halogens is 2. The second kappa shape index (κ2) is 14.5.